The fourth-order valence-electron chi connectivity index (χ4n) is 4.96. The van der Waals surface area contributed by atoms with Crippen LogP contribution in [-0.2, 0) is 0 Å². The van der Waals surface area contributed by atoms with Crippen molar-refractivity contribution >= 4 is 33.7 Å². The second-order valence-electron chi connectivity index (χ2n) is 9.33. The Bertz CT molecular complexity index is 1720. The largest absolute Gasteiger partial charge is 0.383 e. The third-order valence-electron chi connectivity index (χ3n) is 7.18. The molecule has 10 heteroatoms. The number of carbonyl (C=O) groups is 1. The highest BCUT2D eigenvalue weighted by molar-refractivity contribution is 5.99. The molecule has 1 fully saturated rings. The number of benzene rings is 2. The van der Waals surface area contributed by atoms with Crippen LogP contribution in [0, 0.1) is 0 Å². The van der Waals surface area contributed by atoms with Gasteiger partial charge in [0.15, 0.2) is 5.65 Å². The molecule has 37 heavy (non-hydrogen) atoms. The molecule has 0 bridgehead atoms. The molecular weight excluding hydrogens is 468 g/mol. The number of aromatic nitrogens is 6. The van der Waals surface area contributed by atoms with E-state index < -0.39 is 6.04 Å². The Hall–Kier alpha value is -4.60. The van der Waals surface area contributed by atoms with Crippen LogP contribution in [-0.4, -0.2) is 42.3 Å². The second-order valence-corrected chi connectivity index (χ2v) is 9.33. The number of amides is 1. The van der Waals surface area contributed by atoms with E-state index >= 15 is 0 Å². The van der Waals surface area contributed by atoms with Crippen LogP contribution >= 0.6 is 0 Å². The summed E-state index contributed by atoms with van der Waals surface area (Å²) in [4.78, 5) is 39.3. The van der Waals surface area contributed by atoms with Crippen LogP contribution in [0.2, 0.25) is 0 Å². The number of hydrogen-bond acceptors (Lipinski definition) is 7. The highest BCUT2D eigenvalue weighted by Gasteiger charge is 2.29. The molecule has 0 radical (unpaired) electrons. The van der Waals surface area contributed by atoms with Crippen molar-refractivity contribution in [2.24, 2.45) is 0 Å². The summed E-state index contributed by atoms with van der Waals surface area (Å²) in [5.41, 5.74) is 9.39. The SMILES string of the molecule is CNC(=O)c1ccc(-c2nn(C(C)c3nc4ccccc4c(=O)n3C3CCC3)c3ncnc(N)c23)cc1. The number of carbonyl (C=O) groups excluding carboxylic acids is 1. The Morgan fingerprint density at radius 1 is 1.11 bits per heavy atom. The molecular formula is C27H26N8O2. The van der Waals surface area contributed by atoms with Crippen molar-refractivity contribution in [1.82, 2.24) is 34.6 Å². The third kappa shape index (κ3) is 3.64. The molecule has 3 heterocycles. The van der Waals surface area contributed by atoms with Crippen LogP contribution in [0.25, 0.3) is 33.2 Å². The number of nitrogens with two attached hydrogens (primary N) is 1. The molecule has 5 aromatic rings. The van der Waals surface area contributed by atoms with Crippen LogP contribution in [0.4, 0.5) is 5.82 Å². The fraction of sp³-hybridized carbons (Fsp3) is 0.259. The summed E-state index contributed by atoms with van der Waals surface area (Å²) in [6.45, 7) is 1.97. The van der Waals surface area contributed by atoms with Crippen LogP contribution in [0.1, 0.15) is 54.5 Å². The van der Waals surface area contributed by atoms with E-state index in [4.69, 9.17) is 15.8 Å². The average Bonchev–Trinajstić information content (AvgIpc) is 3.29. The molecule has 2 aromatic carbocycles. The molecule has 0 spiro atoms. The fourth-order valence-corrected chi connectivity index (χ4v) is 4.96. The van der Waals surface area contributed by atoms with Crippen molar-refractivity contribution in [3.63, 3.8) is 0 Å². The van der Waals surface area contributed by atoms with E-state index in [1.165, 1.54) is 6.33 Å². The lowest BCUT2D eigenvalue weighted by Crippen LogP contribution is -2.34. The standard InChI is InChI=1S/C27H26N8O2/c1-15(24-32-20-9-4-3-8-19(20)27(37)34(24)18-6-5-7-18)35-25-21(23(28)30-14-31-25)22(33-35)16-10-12-17(13-11-16)26(36)29-2/h3-4,8-15,18H,5-7H2,1-2H3,(H,29,36)(H2,28,30,31). The lowest BCUT2D eigenvalue weighted by atomic mass is 9.92. The maximum absolute atomic E-state index is 13.6. The Balaban J connectivity index is 1.54. The number of anilines is 1. The highest BCUT2D eigenvalue weighted by atomic mass is 16.1. The Labute approximate surface area is 212 Å². The number of para-hydroxylation sites is 1. The minimum atomic E-state index is -0.409. The third-order valence-corrected chi connectivity index (χ3v) is 7.18. The molecule has 0 aliphatic heterocycles. The van der Waals surface area contributed by atoms with E-state index in [1.54, 1.807) is 23.9 Å². The van der Waals surface area contributed by atoms with Gasteiger partial charge in [-0.1, -0.05) is 24.3 Å². The zero-order chi connectivity index (χ0) is 25.7. The average molecular weight is 495 g/mol. The summed E-state index contributed by atoms with van der Waals surface area (Å²) >= 11 is 0. The van der Waals surface area contributed by atoms with Gasteiger partial charge < -0.3 is 11.1 Å². The van der Waals surface area contributed by atoms with Crippen molar-refractivity contribution in [3.05, 3.63) is 76.6 Å². The number of rotatable bonds is 5. The van der Waals surface area contributed by atoms with Gasteiger partial charge in [0.1, 0.15) is 29.7 Å². The minimum absolute atomic E-state index is 0.0345. The van der Waals surface area contributed by atoms with Crippen LogP contribution < -0.4 is 16.6 Å². The zero-order valence-electron chi connectivity index (χ0n) is 20.5. The van der Waals surface area contributed by atoms with Crippen molar-refractivity contribution in [3.8, 4) is 11.3 Å². The number of hydrogen-bond donors (Lipinski definition) is 2. The van der Waals surface area contributed by atoms with E-state index in [-0.39, 0.29) is 17.5 Å². The maximum atomic E-state index is 13.6. The number of fused-ring (bicyclic) bond motifs is 2. The van der Waals surface area contributed by atoms with Crippen LogP contribution in [0.3, 0.4) is 0 Å². The van der Waals surface area contributed by atoms with E-state index in [1.807, 2.05) is 47.9 Å². The van der Waals surface area contributed by atoms with Gasteiger partial charge in [0, 0.05) is 24.2 Å². The quantitative estimate of drug-likeness (QED) is 0.382. The van der Waals surface area contributed by atoms with Gasteiger partial charge in [-0.3, -0.25) is 14.2 Å². The second kappa shape index (κ2) is 8.81. The molecule has 6 rings (SSSR count). The van der Waals surface area contributed by atoms with Gasteiger partial charge >= 0.3 is 0 Å². The lowest BCUT2D eigenvalue weighted by molar-refractivity contribution is 0.0963. The number of nitrogens with one attached hydrogen (secondary N) is 1. The van der Waals surface area contributed by atoms with E-state index in [9.17, 15) is 9.59 Å². The van der Waals surface area contributed by atoms with Gasteiger partial charge in [-0.2, -0.15) is 5.10 Å². The summed E-state index contributed by atoms with van der Waals surface area (Å²) < 4.78 is 3.60. The van der Waals surface area contributed by atoms with Gasteiger partial charge in [0.25, 0.3) is 11.5 Å². The molecule has 1 atom stereocenters. The Morgan fingerprint density at radius 2 is 1.86 bits per heavy atom. The summed E-state index contributed by atoms with van der Waals surface area (Å²) in [5.74, 6) is 0.767. The molecule has 1 aliphatic rings. The molecule has 10 nitrogen and oxygen atoms in total. The van der Waals surface area contributed by atoms with Gasteiger partial charge in [-0.05, 0) is 50.5 Å². The van der Waals surface area contributed by atoms with Gasteiger partial charge in [-0.15, -0.1) is 0 Å². The predicted octanol–water partition coefficient (Wildman–Crippen LogP) is 3.48. The summed E-state index contributed by atoms with van der Waals surface area (Å²) in [6.07, 6.45) is 4.38. The zero-order valence-corrected chi connectivity index (χ0v) is 20.5. The maximum Gasteiger partial charge on any atom is 0.261 e. The first-order chi connectivity index (χ1) is 18.0. The van der Waals surface area contributed by atoms with Crippen LogP contribution in [0.15, 0.2) is 59.7 Å². The van der Waals surface area contributed by atoms with Gasteiger partial charge in [0.05, 0.1) is 16.3 Å². The van der Waals surface area contributed by atoms with E-state index in [0.717, 1.165) is 24.8 Å². The normalized spacial score (nSPS) is 14.5. The van der Waals surface area contributed by atoms with E-state index in [0.29, 0.717) is 44.8 Å². The monoisotopic (exact) mass is 494 g/mol. The molecule has 186 valence electrons. The van der Waals surface area contributed by atoms with Crippen molar-refractivity contribution in [1.29, 1.82) is 0 Å². The van der Waals surface area contributed by atoms with Crippen molar-refractivity contribution in [2.45, 2.75) is 38.3 Å². The van der Waals surface area contributed by atoms with Crippen LogP contribution in [0.5, 0.6) is 0 Å². The van der Waals surface area contributed by atoms with Gasteiger partial charge in [0.2, 0.25) is 0 Å². The summed E-state index contributed by atoms with van der Waals surface area (Å²) in [6, 6.07) is 14.3. The minimum Gasteiger partial charge on any atom is -0.383 e. The number of nitrogens with zero attached hydrogens (tertiary/aromatic N) is 6. The molecule has 1 amide bonds. The van der Waals surface area contributed by atoms with Crippen molar-refractivity contribution < 1.29 is 4.79 Å². The summed E-state index contributed by atoms with van der Waals surface area (Å²) in [5, 5.41) is 8.77. The first-order valence-corrected chi connectivity index (χ1v) is 12.3. The highest BCUT2D eigenvalue weighted by Crippen LogP contribution is 2.36. The van der Waals surface area contributed by atoms with Crippen molar-refractivity contribution in [2.75, 3.05) is 12.8 Å². The molecule has 3 N–H and O–H groups in total. The first kappa shape index (κ1) is 22.8. The first-order valence-electron chi connectivity index (χ1n) is 12.3. The lowest BCUT2D eigenvalue weighted by Gasteiger charge is -2.31. The molecule has 1 saturated carbocycles. The molecule has 3 aromatic heterocycles. The topological polar surface area (TPSA) is 134 Å². The number of nitrogen functional groups attached to an aromatic ring is 1. The predicted molar refractivity (Wildman–Crippen MR) is 141 cm³/mol. The molecule has 1 aliphatic carbocycles. The summed E-state index contributed by atoms with van der Waals surface area (Å²) in [7, 11) is 1.59. The Kier molecular flexibility index (Phi) is 5.44. The van der Waals surface area contributed by atoms with Gasteiger partial charge in [-0.25, -0.2) is 19.6 Å². The molecule has 1 unspecified atom stereocenters. The Morgan fingerprint density at radius 3 is 2.57 bits per heavy atom. The molecule has 0 saturated heterocycles. The van der Waals surface area contributed by atoms with E-state index in [2.05, 4.69) is 15.3 Å². The smallest absolute Gasteiger partial charge is 0.261 e.